The lowest BCUT2D eigenvalue weighted by atomic mass is 10.1. The molecule has 0 aliphatic rings. The molecule has 0 bridgehead atoms. The van der Waals surface area contributed by atoms with Gasteiger partial charge in [-0.2, -0.15) is 0 Å². The van der Waals surface area contributed by atoms with Crippen molar-refractivity contribution in [3.05, 3.63) is 60.2 Å². The van der Waals surface area contributed by atoms with Crippen molar-refractivity contribution < 1.29 is 0 Å². The third-order valence-corrected chi connectivity index (χ3v) is 3.03. The highest BCUT2D eigenvalue weighted by atomic mass is 79.9. The molecule has 2 aromatic rings. The van der Waals surface area contributed by atoms with Crippen molar-refractivity contribution >= 4 is 15.9 Å². The fourth-order valence-electron chi connectivity index (χ4n) is 1.39. The molecule has 2 aromatic heterocycles. The van der Waals surface area contributed by atoms with E-state index in [1.54, 1.807) is 0 Å². The van der Waals surface area contributed by atoms with Crippen LogP contribution in [-0.2, 0) is 6.42 Å². The molecule has 0 aromatic carbocycles. The van der Waals surface area contributed by atoms with Gasteiger partial charge in [0.05, 0.1) is 0 Å². The highest BCUT2D eigenvalue weighted by molar-refractivity contribution is 9.09. The highest BCUT2D eigenvalue weighted by Gasteiger charge is 2.08. The number of aromatic nitrogens is 2. The molecule has 15 heavy (non-hydrogen) atoms. The molecule has 0 aliphatic carbocycles. The zero-order valence-electron chi connectivity index (χ0n) is 8.18. The number of rotatable bonds is 3. The highest BCUT2D eigenvalue weighted by Crippen LogP contribution is 2.25. The van der Waals surface area contributed by atoms with E-state index >= 15 is 0 Å². The normalized spacial score (nSPS) is 12.3. The molecule has 2 rings (SSSR count). The summed E-state index contributed by atoms with van der Waals surface area (Å²) in [6.07, 6.45) is 6.33. The van der Waals surface area contributed by atoms with Crippen molar-refractivity contribution in [2.75, 3.05) is 0 Å². The van der Waals surface area contributed by atoms with Gasteiger partial charge in [0, 0.05) is 35.5 Å². The van der Waals surface area contributed by atoms with Gasteiger partial charge in [0.25, 0.3) is 0 Å². The summed E-state index contributed by atoms with van der Waals surface area (Å²) in [6, 6.07) is 10.0. The summed E-state index contributed by atoms with van der Waals surface area (Å²) in [5.74, 6) is 0. The van der Waals surface area contributed by atoms with Crippen molar-refractivity contribution in [3.63, 3.8) is 0 Å². The molecule has 3 heteroatoms. The fourth-order valence-corrected chi connectivity index (χ4v) is 2.03. The lowest BCUT2D eigenvalue weighted by molar-refractivity contribution is 0.902. The minimum Gasteiger partial charge on any atom is -0.265 e. The zero-order chi connectivity index (χ0) is 10.5. The first-order chi connectivity index (χ1) is 7.36. The first-order valence-corrected chi connectivity index (χ1v) is 5.72. The average molecular weight is 263 g/mol. The summed E-state index contributed by atoms with van der Waals surface area (Å²) in [5, 5.41) is 0. The van der Waals surface area contributed by atoms with Gasteiger partial charge in [-0.05, 0) is 29.8 Å². The molecule has 0 aliphatic heterocycles. The first kappa shape index (κ1) is 10.3. The second-order valence-electron chi connectivity index (χ2n) is 3.27. The van der Waals surface area contributed by atoms with Crippen LogP contribution >= 0.6 is 15.9 Å². The Balaban J connectivity index is 2.08. The SMILES string of the molecule is BrC(Cc1ccccn1)c1ccncc1. The topological polar surface area (TPSA) is 25.8 Å². The average Bonchev–Trinajstić information content (AvgIpc) is 2.31. The van der Waals surface area contributed by atoms with Gasteiger partial charge in [0.1, 0.15) is 0 Å². The number of alkyl halides is 1. The Bertz CT molecular complexity index is 402. The maximum Gasteiger partial charge on any atom is 0.0451 e. The van der Waals surface area contributed by atoms with E-state index in [0.29, 0.717) is 4.83 Å². The van der Waals surface area contributed by atoms with Crippen molar-refractivity contribution in [2.24, 2.45) is 0 Å². The Kier molecular flexibility index (Phi) is 3.45. The summed E-state index contributed by atoms with van der Waals surface area (Å²) < 4.78 is 0. The lowest BCUT2D eigenvalue weighted by Gasteiger charge is -2.08. The quantitative estimate of drug-likeness (QED) is 0.795. The van der Waals surface area contributed by atoms with Crippen LogP contribution in [0, 0.1) is 0 Å². The molecular formula is C12H11BrN2. The van der Waals surface area contributed by atoms with E-state index in [0.717, 1.165) is 12.1 Å². The molecule has 76 valence electrons. The van der Waals surface area contributed by atoms with Crippen molar-refractivity contribution in [3.8, 4) is 0 Å². The molecule has 0 spiro atoms. The third kappa shape index (κ3) is 2.86. The van der Waals surface area contributed by atoms with E-state index in [1.165, 1.54) is 5.56 Å². The van der Waals surface area contributed by atoms with Crippen LogP contribution in [0.5, 0.6) is 0 Å². The van der Waals surface area contributed by atoms with Gasteiger partial charge in [0.15, 0.2) is 0 Å². The largest absolute Gasteiger partial charge is 0.265 e. The van der Waals surface area contributed by atoms with Crippen molar-refractivity contribution in [1.82, 2.24) is 9.97 Å². The Hall–Kier alpha value is -1.22. The standard InChI is InChI=1S/C12H11BrN2/c13-12(10-4-7-14-8-5-10)9-11-3-1-2-6-15-11/h1-8,12H,9H2. The number of hydrogen-bond donors (Lipinski definition) is 0. The van der Waals surface area contributed by atoms with Gasteiger partial charge in [-0.1, -0.05) is 22.0 Å². The molecule has 1 unspecified atom stereocenters. The Morgan fingerprint density at radius 1 is 1.07 bits per heavy atom. The maximum atomic E-state index is 4.30. The fraction of sp³-hybridized carbons (Fsp3) is 0.167. The minimum atomic E-state index is 0.301. The molecule has 0 saturated heterocycles. The van der Waals surface area contributed by atoms with Crippen LogP contribution in [0.4, 0.5) is 0 Å². The zero-order valence-corrected chi connectivity index (χ0v) is 9.76. The van der Waals surface area contributed by atoms with E-state index < -0.39 is 0 Å². The lowest BCUT2D eigenvalue weighted by Crippen LogP contribution is -1.97. The molecular weight excluding hydrogens is 252 g/mol. The predicted molar refractivity (Wildman–Crippen MR) is 63.8 cm³/mol. The van der Waals surface area contributed by atoms with Crippen LogP contribution in [-0.4, -0.2) is 9.97 Å². The smallest absolute Gasteiger partial charge is 0.0451 e. The summed E-state index contributed by atoms with van der Waals surface area (Å²) in [4.78, 5) is 8.60. The summed E-state index contributed by atoms with van der Waals surface area (Å²) >= 11 is 3.65. The summed E-state index contributed by atoms with van der Waals surface area (Å²) in [7, 11) is 0. The second kappa shape index (κ2) is 5.03. The van der Waals surface area contributed by atoms with Crippen LogP contribution in [0.15, 0.2) is 48.9 Å². The van der Waals surface area contributed by atoms with Crippen LogP contribution in [0.2, 0.25) is 0 Å². The van der Waals surface area contributed by atoms with Crippen LogP contribution < -0.4 is 0 Å². The Morgan fingerprint density at radius 2 is 1.87 bits per heavy atom. The summed E-state index contributed by atoms with van der Waals surface area (Å²) in [6.45, 7) is 0. The van der Waals surface area contributed by atoms with Crippen molar-refractivity contribution in [2.45, 2.75) is 11.2 Å². The van der Waals surface area contributed by atoms with Gasteiger partial charge in [-0.15, -0.1) is 0 Å². The molecule has 1 atom stereocenters. The minimum absolute atomic E-state index is 0.301. The molecule has 0 N–H and O–H groups in total. The van der Waals surface area contributed by atoms with E-state index in [4.69, 9.17) is 0 Å². The van der Waals surface area contributed by atoms with Crippen LogP contribution in [0.3, 0.4) is 0 Å². The number of hydrogen-bond acceptors (Lipinski definition) is 2. The molecule has 0 fully saturated rings. The molecule has 2 nitrogen and oxygen atoms in total. The van der Waals surface area contributed by atoms with E-state index in [9.17, 15) is 0 Å². The molecule has 0 amide bonds. The second-order valence-corrected chi connectivity index (χ2v) is 4.38. The number of nitrogens with zero attached hydrogens (tertiary/aromatic N) is 2. The van der Waals surface area contributed by atoms with Crippen LogP contribution in [0.1, 0.15) is 16.1 Å². The van der Waals surface area contributed by atoms with E-state index in [2.05, 4.69) is 25.9 Å². The van der Waals surface area contributed by atoms with Gasteiger partial charge in [-0.25, -0.2) is 0 Å². The Morgan fingerprint density at radius 3 is 2.53 bits per heavy atom. The maximum absolute atomic E-state index is 4.30. The van der Waals surface area contributed by atoms with Gasteiger partial charge in [0.2, 0.25) is 0 Å². The number of pyridine rings is 2. The molecule has 0 saturated carbocycles. The first-order valence-electron chi connectivity index (χ1n) is 4.80. The summed E-state index contributed by atoms with van der Waals surface area (Å²) in [5.41, 5.74) is 2.33. The monoisotopic (exact) mass is 262 g/mol. The number of halogens is 1. The molecule has 0 radical (unpaired) electrons. The van der Waals surface area contributed by atoms with Gasteiger partial charge >= 0.3 is 0 Å². The third-order valence-electron chi connectivity index (χ3n) is 2.18. The van der Waals surface area contributed by atoms with E-state index in [-0.39, 0.29) is 0 Å². The van der Waals surface area contributed by atoms with Crippen LogP contribution in [0.25, 0.3) is 0 Å². The molecule has 2 heterocycles. The van der Waals surface area contributed by atoms with Gasteiger partial charge in [-0.3, -0.25) is 9.97 Å². The van der Waals surface area contributed by atoms with E-state index in [1.807, 2.05) is 48.9 Å². The van der Waals surface area contributed by atoms with Gasteiger partial charge < -0.3 is 0 Å². The predicted octanol–water partition coefficient (Wildman–Crippen LogP) is 3.16. The van der Waals surface area contributed by atoms with Crippen molar-refractivity contribution in [1.29, 1.82) is 0 Å². The Labute approximate surface area is 97.5 Å².